The van der Waals surface area contributed by atoms with Gasteiger partial charge in [-0.3, -0.25) is 14.5 Å². The number of fused-ring (bicyclic) bond motifs is 1. The maximum Gasteiger partial charge on any atom is 0.240 e. The molecule has 1 atom stereocenters. The molecular formula is C20H24N4O3. The van der Waals surface area contributed by atoms with Crippen LogP contribution in [0, 0.1) is 6.92 Å². The van der Waals surface area contributed by atoms with Crippen molar-refractivity contribution in [3.8, 4) is 0 Å². The van der Waals surface area contributed by atoms with E-state index in [1.807, 2.05) is 21.9 Å². The van der Waals surface area contributed by atoms with Crippen molar-refractivity contribution in [2.75, 3.05) is 25.0 Å². The van der Waals surface area contributed by atoms with Crippen molar-refractivity contribution in [3.63, 3.8) is 0 Å². The molecule has 7 nitrogen and oxygen atoms in total. The van der Waals surface area contributed by atoms with Crippen LogP contribution in [0.2, 0.25) is 0 Å². The molecule has 1 fully saturated rings. The van der Waals surface area contributed by atoms with Crippen LogP contribution in [0.15, 0.2) is 34.9 Å². The average Bonchev–Trinajstić information content (AvgIpc) is 3.32. The van der Waals surface area contributed by atoms with Crippen molar-refractivity contribution in [1.29, 1.82) is 0 Å². The third kappa shape index (κ3) is 3.88. The number of amides is 2. The van der Waals surface area contributed by atoms with E-state index in [0.717, 1.165) is 25.9 Å². The molecule has 7 heteroatoms. The van der Waals surface area contributed by atoms with Gasteiger partial charge >= 0.3 is 0 Å². The van der Waals surface area contributed by atoms with Gasteiger partial charge in [-0.2, -0.15) is 0 Å². The minimum Gasteiger partial charge on any atom is -0.360 e. The van der Waals surface area contributed by atoms with Gasteiger partial charge in [0.15, 0.2) is 5.82 Å². The SMILES string of the molecule is Cc1cc(NC(=O)CN2Cc3ccccc3C[C@H]2C(=O)N2CCCC2)no1. The summed E-state index contributed by atoms with van der Waals surface area (Å²) in [5.41, 5.74) is 2.37. The van der Waals surface area contributed by atoms with Gasteiger partial charge in [0.25, 0.3) is 0 Å². The second-order valence-electron chi connectivity index (χ2n) is 7.30. The number of rotatable bonds is 4. The molecule has 142 valence electrons. The first-order chi connectivity index (χ1) is 13.1. The summed E-state index contributed by atoms with van der Waals surface area (Å²) in [5.74, 6) is 0.977. The molecule has 1 saturated heterocycles. The summed E-state index contributed by atoms with van der Waals surface area (Å²) in [7, 11) is 0. The van der Waals surface area contributed by atoms with E-state index in [9.17, 15) is 9.59 Å². The molecule has 2 aromatic rings. The molecule has 0 saturated carbocycles. The van der Waals surface area contributed by atoms with Gasteiger partial charge in [0, 0.05) is 25.7 Å². The fraction of sp³-hybridized carbons (Fsp3) is 0.450. The van der Waals surface area contributed by atoms with Gasteiger partial charge in [0.05, 0.1) is 12.6 Å². The number of carbonyl (C=O) groups excluding carboxylic acids is 2. The smallest absolute Gasteiger partial charge is 0.240 e. The molecule has 0 radical (unpaired) electrons. The Bertz CT molecular complexity index is 841. The first-order valence-electron chi connectivity index (χ1n) is 9.43. The summed E-state index contributed by atoms with van der Waals surface area (Å²) in [6.45, 7) is 4.13. The highest BCUT2D eigenvalue weighted by Gasteiger charge is 2.35. The van der Waals surface area contributed by atoms with Crippen LogP contribution in [0.1, 0.15) is 29.7 Å². The normalized spacial score (nSPS) is 19.7. The third-order valence-corrected chi connectivity index (χ3v) is 5.29. The third-order valence-electron chi connectivity index (χ3n) is 5.29. The molecule has 2 amide bonds. The standard InChI is InChI=1S/C20H24N4O3/c1-14-10-18(22-27-14)21-19(25)13-24-12-16-7-3-2-6-15(16)11-17(24)20(26)23-8-4-5-9-23/h2-3,6-7,10,17H,4-5,8-9,11-13H2,1H3,(H,21,22,25)/t17-/m0/s1. The van der Waals surface area contributed by atoms with Crippen LogP contribution in [-0.4, -0.2) is 52.4 Å². The summed E-state index contributed by atoms with van der Waals surface area (Å²) in [6.07, 6.45) is 2.75. The highest BCUT2D eigenvalue weighted by molar-refractivity contribution is 5.92. The lowest BCUT2D eigenvalue weighted by Crippen LogP contribution is -2.52. The summed E-state index contributed by atoms with van der Waals surface area (Å²) in [6, 6.07) is 9.52. The van der Waals surface area contributed by atoms with E-state index in [0.29, 0.717) is 24.5 Å². The zero-order valence-electron chi connectivity index (χ0n) is 15.5. The van der Waals surface area contributed by atoms with Crippen LogP contribution in [0.5, 0.6) is 0 Å². The second-order valence-corrected chi connectivity index (χ2v) is 7.30. The van der Waals surface area contributed by atoms with Crippen molar-refractivity contribution >= 4 is 17.6 Å². The van der Waals surface area contributed by atoms with Gasteiger partial charge in [-0.05, 0) is 37.3 Å². The Hall–Kier alpha value is -2.67. The lowest BCUT2D eigenvalue weighted by molar-refractivity contribution is -0.137. The predicted octanol–water partition coefficient (Wildman–Crippen LogP) is 1.97. The van der Waals surface area contributed by atoms with Gasteiger partial charge < -0.3 is 14.7 Å². The molecule has 0 spiro atoms. The summed E-state index contributed by atoms with van der Waals surface area (Å²) >= 11 is 0. The molecule has 1 aromatic heterocycles. The Morgan fingerprint density at radius 3 is 2.67 bits per heavy atom. The lowest BCUT2D eigenvalue weighted by atomic mass is 9.93. The Morgan fingerprint density at radius 1 is 1.22 bits per heavy atom. The van der Waals surface area contributed by atoms with E-state index in [1.165, 1.54) is 11.1 Å². The number of aryl methyl sites for hydroxylation is 1. The van der Waals surface area contributed by atoms with Crippen LogP contribution in [-0.2, 0) is 22.6 Å². The van der Waals surface area contributed by atoms with E-state index in [4.69, 9.17) is 4.52 Å². The van der Waals surface area contributed by atoms with Crippen molar-refractivity contribution < 1.29 is 14.1 Å². The zero-order valence-corrected chi connectivity index (χ0v) is 15.5. The number of benzene rings is 1. The van der Waals surface area contributed by atoms with Gasteiger partial charge in [0.2, 0.25) is 11.8 Å². The molecule has 3 heterocycles. The van der Waals surface area contributed by atoms with Crippen LogP contribution >= 0.6 is 0 Å². The number of likely N-dealkylation sites (tertiary alicyclic amines) is 1. The Balaban J connectivity index is 1.51. The summed E-state index contributed by atoms with van der Waals surface area (Å²) < 4.78 is 4.99. The van der Waals surface area contributed by atoms with E-state index in [2.05, 4.69) is 22.6 Å². The van der Waals surface area contributed by atoms with E-state index in [1.54, 1.807) is 13.0 Å². The fourth-order valence-electron chi connectivity index (χ4n) is 3.93. The van der Waals surface area contributed by atoms with Crippen molar-refractivity contribution in [3.05, 3.63) is 47.2 Å². The van der Waals surface area contributed by atoms with Crippen LogP contribution in [0.3, 0.4) is 0 Å². The van der Waals surface area contributed by atoms with E-state index >= 15 is 0 Å². The summed E-state index contributed by atoms with van der Waals surface area (Å²) in [5, 5.41) is 6.55. The van der Waals surface area contributed by atoms with Crippen LogP contribution in [0.4, 0.5) is 5.82 Å². The first kappa shape index (κ1) is 17.7. The molecule has 0 bridgehead atoms. The number of nitrogens with one attached hydrogen (secondary N) is 1. The van der Waals surface area contributed by atoms with Crippen molar-refractivity contribution in [2.24, 2.45) is 0 Å². The topological polar surface area (TPSA) is 78.7 Å². The monoisotopic (exact) mass is 368 g/mol. The molecule has 2 aliphatic heterocycles. The first-order valence-corrected chi connectivity index (χ1v) is 9.43. The van der Waals surface area contributed by atoms with Crippen LogP contribution < -0.4 is 5.32 Å². The molecule has 4 rings (SSSR count). The van der Waals surface area contributed by atoms with Crippen LogP contribution in [0.25, 0.3) is 0 Å². The highest BCUT2D eigenvalue weighted by atomic mass is 16.5. The van der Waals surface area contributed by atoms with E-state index in [-0.39, 0.29) is 24.4 Å². The minimum absolute atomic E-state index is 0.132. The number of carbonyl (C=O) groups is 2. The van der Waals surface area contributed by atoms with E-state index < -0.39 is 0 Å². The molecule has 27 heavy (non-hydrogen) atoms. The average molecular weight is 368 g/mol. The molecule has 0 aliphatic carbocycles. The van der Waals surface area contributed by atoms with Gasteiger partial charge in [0.1, 0.15) is 5.76 Å². The van der Waals surface area contributed by atoms with Crippen molar-refractivity contribution in [1.82, 2.24) is 15.0 Å². The van der Waals surface area contributed by atoms with Crippen molar-refractivity contribution in [2.45, 2.75) is 38.8 Å². The zero-order chi connectivity index (χ0) is 18.8. The lowest BCUT2D eigenvalue weighted by Gasteiger charge is -2.37. The number of nitrogens with zero attached hydrogens (tertiary/aromatic N) is 3. The molecule has 0 unspecified atom stereocenters. The Kier molecular flexibility index (Phi) is 4.94. The molecule has 1 aromatic carbocycles. The Labute approximate surface area is 158 Å². The molecular weight excluding hydrogens is 344 g/mol. The minimum atomic E-state index is -0.303. The number of hydrogen-bond donors (Lipinski definition) is 1. The van der Waals surface area contributed by atoms with Gasteiger partial charge in [-0.25, -0.2) is 0 Å². The van der Waals surface area contributed by atoms with Gasteiger partial charge in [-0.1, -0.05) is 29.4 Å². The molecule has 1 N–H and O–H groups in total. The predicted molar refractivity (Wildman–Crippen MR) is 100 cm³/mol. The maximum absolute atomic E-state index is 13.1. The number of hydrogen-bond acceptors (Lipinski definition) is 5. The maximum atomic E-state index is 13.1. The second kappa shape index (κ2) is 7.52. The summed E-state index contributed by atoms with van der Waals surface area (Å²) in [4.78, 5) is 29.5. The molecule has 2 aliphatic rings. The fourth-order valence-corrected chi connectivity index (χ4v) is 3.93. The largest absolute Gasteiger partial charge is 0.360 e. The number of aromatic nitrogens is 1. The highest BCUT2D eigenvalue weighted by Crippen LogP contribution is 2.25. The Morgan fingerprint density at radius 2 is 1.96 bits per heavy atom. The van der Waals surface area contributed by atoms with Gasteiger partial charge in [-0.15, -0.1) is 0 Å². The number of anilines is 1. The quantitative estimate of drug-likeness (QED) is 0.893.